The monoisotopic (exact) mass is 203 g/mol. The minimum atomic E-state index is -0.737. The topological polar surface area (TPSA) is 26.0 Å². The van der Waals surface area contributed by atoms with Crippen molar-refractivity contribution in [2.24, 2.45) is 23.0 Å². The van der Waals surface area contributed by atoms with Gasteiger partial charge < -0.3 is 5.73 Å². The molecular formula is C12H26FN. The van der Waals surface area contributed by atoms with E-state index in [1.54, 1.807) is 0 Å². The van der Waals surface area contributed by atoms with Crippen molar-refractivity contribution in [3.05, 3.63) is 0 Å². The van der Waals surface area contributed by atoms with Crippen LogP contribution in [0, 0.1) is 17.3 Å². The van der Waals surface area contributed by atoms with Gasteiger partial charge in [-0.15, -0.1) is 0 Å². The zero-order chi connectivity index (χ0) is 11.4. The summed E-state index contributed by atoms with van der Waals surface area (Å²) < 4.78 is 13.8. The molecule has 0 aromatic rings. The van der Waals surface area contributed by atoms with E-state index >= 15 is 0 Å². The largest absolute Gasteiger partial charge is 0.330 e. The van der Waals surface area contributed by atoms with E-state index in [9.17, 15) is 4.39 Å². The second kappa shape index (κ2) is 5.69. The van der Waals surface area contributed by atoms with E-state index < -0.39 is 6.17 Å². The van der Waals surface area contributed by atoms with Crippen molar-refractivity contribution in [2.75, 3.05) is 6.54 Å². The first-order valence-corrected chi connectivity index (χ1v) is 5.62. The Labute approximate surface area is 88.3 Å². The normalized spacial score (nSPS) is 17.1. The summed E-state index contributed by atoms with van der Waals surface area (Å²) in [4.78, 5) is 0. The van der Waals surface area contributed by atoms with Gasteiger partial charge in [-0.05, 0) is 30.7 Å². The third-order valence-electron chi connectivity index (χ3n) is 2.76. The third-order valence-corrected chi connectivity index (χ3v) is 2.76. The molecule has 14 heavy (non-hydrogen) atoms. The van der Waals surface area contributed by atoms with Crippen molar-refractivity contribution in [3.8, 4) is 0 Å². The molecule has 2 heteroatoms. The predicted octanol–water partition coefficient (Wildman–Crippen LogP) is 3.38. The van der Waals surface area contributed by atoms with E-state index in [2.05, 4.69) is 20.8 Å². The Bertz CT molecular complexity index is 149. The molecule has 0 saturated heterocycles. The van der Waals surface area contributed by atoms with E-state index in [1.807, 2.05) is 13.8 Å². The van der Waals surface area contributed by atoms with Crippen LogP contribution in [0.4, 0.5) is 4.39 Å². The van der Waals surface area contributed by atoms with Crippen LogP contribution in [-0.2, 0) is 0 Å². The minimum Gasteiger partial charge on any atom is -0.330 e. The highest BCUT2D eigenvalue weighted by molar-refractivity contribution is 4.75. The fourth-order valence-corrected chi connectivity index (χ4v) is 1.62. The van der Waals surface area contributed by atoms with Gasteiger partial charge in [0.05, 0.1) is 0 Å². The Kier molecular flexibility index (Phi) is 5.65. The Morgan fingerprint density at radius 3 is 2.00 bits per heavy atom. The van der Waals surface area contributed by atoms with E-state index in [0.29, 0.717) is 18.9 Å². The highest BCUT2D eigenvalue weighted by Crippen LogP contribution is 2.27. The first-order chi connectivity index (χ1) is 6.28. The number of hydrogen-bond acceptors (Lipinski definition) is 1. The van der Waals surface area contributed by atoms with Crippen molar-refractivity contribution in [3.63, 3.8) is 0 Å². The van der Waals surface area contributed by atoms with Crippen LogP contribution < -0.4 is 5.73 Å². The molecule has 0 aromatic carbocycles. The molecule has 86 valence electrons. The van der Waals surface area contributed by atoms with E-state index in [0.717, 1.165) is 6.42 Å². The molecule has 0 radical (unpaired) electrons. The molecule has 0 bridgehead atoms. The van der Waals surface area contributed by atoms with Crippen molar-refractivity contribution in [2.45, 2.75) is 53.6 Å². The van der Waals surface area contributed by atoms with Gasteiger partial charge in [0.1, 0.15) is 6.17 Å². The molecule has 0 aliphatic heterocycles. The van der Waals surface area contributed by atoms with E-state index in [4.69, 9.17) is 5.73 Å². The zero-order valence-electron chi connectivity index (χ0n) is 10.3. The maximum atomic E-state index is 13.8. The summed E-state index contributed by atoms with van der Waals surface area (Å²) in [5.74, 6) is 0.368. The highest BCUT2D eigenvalue weighted by atomic mass is 19.1. The Morgan fingerprint density at radius 1 is 1.21 bits per heavy atom. The van der Waals surface area contributed by atoms with E-state index in [-0.39, 0.29) is 11.3 Å². The van der Waals surface area contributed by atoms with Crippen molar-refractivity contribution >= 4 is 0 Å². The molecule has 2 unspecified atom stereocenters. The Balaban J connectivity index is 3.99. The number of alkyl halides is 1. The van der Waals surface area contributed by atoms with Gasteiger partial charge >= 0.3 is 0 Å². The lowest BCUT2D eigenvalue weighted by Gasteiger charge is -2.26. The second-order valence-corrected chi connectivity index (χ2v) is 5.76. The van der Waals surface area contributed by atoms with Crippen LogP contribution in [0.25, 0.3) is 0 Å². The fourth-order valence-electron chi connectivity index (χ4n) is 1.62. The van der Waals surface area contributed by atoms with Crippen LogP contribution >= 0.6 is 0 Å². The quantitative estimate of drug-likeness (QED) is 0.728. The number of hydrogen-bond donors (Lipinski definition) is 1. The maximum Gasteiger partial charge on any atom is 0.104 e. The molecule has 0 rings (SSSR count). The molecule has 0 saturated carbocycles. The lowest BCUT2D eigenvalue weighted by Crippen LogP contribution is -2.30. The predicted molar refractivity (Wildman–Crippen MR) is 61.0 cm³/mol. The maximum absolute atomic E-state index is 13.8. The van der Waals surface area contributed by atoms with Crippen LogP contribution in [-0.4, -0.2) is 12.7 Å². The number of halogens is 1. The van der Waals surface area contributed by atoms with Crippen molar-refractivity contribution < 1.29 is 4.39 Å². The van der Waals surface area contributed by atoms with Crippen LogP contribution in [0.3, 0.4) is 0 Å². The van der Waals surface area contributed by atoms with Crippen molar-refractivity contribution in [1.82, 2.24) is 0 Å². The molecule has 0 heterocycles. The van der Waals surface area contributed by atoms with Crippen LogP contribution in [0.15, 0.2) is 0 Å². The van der Waals surface area contributed by atoms with Gasteiger partial charge in [-0.2, -0.15) is 0 Å². The van der Waals surface area contributed by atoms with Crippen LogP contribution in [0.1, 0.15) is 47.5 Å². The lowest BCUT2D eigenvalue weighted by molar-refractivity contribution is 0.156. The fraction of sp³-hybridized carbons (Fsp3) is 1.00. The Hall–Kier alpha value is -0.110. The average molecular weight is 203 g/mol. The number of nitrogens with two attached hydrogens (primary N) is 1. The molecule has 0 aliphatic rings. The molecule has 0 aliphatic carbocycles. The first kappa shape index (κ1) is 13.9. The summed E-state index contributed by atoms with van der Waals surface area (Å²) in [6.07, 6.45) is 0.834. The zero-order valence-corrected chi connectivity index (χ0v) is 10.3. The van der Waals surface area contributed by atoms with Gasteiger partial charge in [0.15, 0.2) is 0 Å². The van der Waals surface area contributed by atoms with Crippen LogP contribution in [0.2, 0.25) is 0 Å². The summed E-state index contributed by atoms with van der Waals surface area (Å²) in [7, 11) is 0. The highest BCUT2D eigenvalue weighted by Gasteiger charge is 2.24. The summed E-state index contributed by atoms with van der Waals surface area (Å²) >= 11 is 0. The summed E-state index contributed by atoms with van der Waals surface area (Å²) in [5.41, 5.74) is 5.80. The summed E-state index contributed by atoms with van der Waals surface area (Å²) in [6, 6.07) is 0. The summed E-state index contributed by atoms with van der Waals surface area (Å²) in [6.45, 7) is 11.0. The smallest absolute Gasteiger partial charge is 0.104 e. The standard InChI is InChI=1S/C12H26FN/c1-9(2)10(8-14)11(13)6-7-12(3,4)5/h9-11H,6-8,14H2,1-5H3. The van der Waals surface area contributed by atoms with Crippen LogP contribution in [0.5, 0.6) is 0 Å². The molecule has 0 amide bonds. The average Bonchev–Trinajstić information content (AvgIpc) is 2.00. The van der Waals surface area contributed by atoms with Gasteiger partial charge in [0.25, 0.3) is 0 Å². The molecule has 0 aromatic heterocycles. The molecule has 2 N–H and O–H groups in total. The Morgan fingerprint density at radius 2 is 1.71 bits per heavy atom. The molecule has 0 fully saturated rings. The van der Waals surface area contributed by atoms with Gasteiger partial charge in [-0.25, -0.2) is 4.39 Å². The molecule has 0 spiro atoms. The van der Waals surface area contributed by atoms with Gasteiger partial charge in [-0.3, -0.25) is 0 Å². The third kappa shape index (κ3) is 5.58. The van der Waals surface area contributed by atoms with Gasteiger partial charge in [-0.1, -0.05) is 34.6 Å². The molecule has 2 atom stereocenters. The van der Waals surface area contributed by atoms with Crippen molar-refractivity contribution in [1.29, 1.82) is 0 Å². The lowest BCUT2D eigenvalue weighted by atomic mass is 9.84. The first-order valence-electron chi connectivity index (χ1n) is 5.62. The van der Waals surface area contributed by atoms with E-state index in [1.165, 1.54) is 0 Å². The molecular weight excluding hydrogens is 177 g/mol. The molecule has 1 nitrogen and oxygen atoms in total. The van der Waals surface area contributed by atoms with Gasteiger partial charge in [0, 0.05) is 5.92 Å². The SMILES string of the molecule is CC(C)C(CN)C(F)CCC(C)(C)C. The summed E-state index contributed by atoms with van der Waals surface area (Å²) in [5, 5.41) is 0. The second-order valence-electron chi connectivity index (χ2n) is 5.76. The van der Waals surface area contributed by atoms with Gasteiger partial charge in [0.2, 0.25) is 0 Å². The number of rotatable bonds is 5. The minimum absolute atomic E-state index is 0.0253.